The highest BCUT2D eigenvalue weighted by Crippen LogP contribution is 2.28. The number of aryl methyl sites for hydroxylation is 1. The van der Waals surface area contributed by atoms with Gasteiger partial charge in [0, 0.05) is 35.9 Å². The summed E-state index contributed by atoms with van der Waals surface area (Å²) >= 11 is 0. The van der Waals surface area contributed by atoms with Gasteiger partial charge in [-0.25, -0.2) is 0 Å². The van der Waals surface area contributed by atoms with E-state index < -0.39 is 0 Å². The van der Waals surface area contributed by atoms with Gasteiger partial charge in [-0.3, -0.25) is 4.79 Å². The molecule has 2 N–H and O–H groups in total. The SMILES string of the molecule is COc1ccc2oc(C(=O)NCc3ccccc3C[NH+]3CCCC3)c(C)c2c1. The van der Waals surface area contributed by atoms with E-state index in [0.717, 1.165) is 23.2 Å². The smallest absolute Gasteiger partial charge is 0.287 e. The van der Waals surface area contributed by atoms with Gasteiger partial charge in [0.1, 0.15) is 17.9 Å². The van der Waals surface area contributed by atoms with Crippen molar-refractivity contribution in [1.82, 2.24) is 5.32 Å². The molecule has 5 heteroatoms. The molecular formula is C23H27N2O3+. The third kappa shape index (κ3) is 3.76. The number of rotatable bonds is 6. The van der Waals surface area contributed by atoms with Crippen LogP contribution in [0.15, 0.2) is 46.9 Å². The first-order valence-electron chi connectivity index (χ1n) is 9.91. The number of methoxy groups -OCH3 is 1. The maximum absolute atomic E-state index is 12.8. The Labute approximate surface area is 165 Å². The minimum absolute atomic E-state index is 0.184. The van der Waals surface area contributed by atoms with Crippen LogP contribution >= 0.6 is 0 Å². The van der Waals surface area contributed by atoms with E-state index in [9.17, 15) is 4.79 Å². The van der Waals surface area contributed by atoms with Gasteiger partial charge in [0.2, 0.25) is 0 Å². The predicted molar refractivity (Wildman–Crippen MR) is 109 cm³/mol. The van der Waals surface area contributed by atoms with Crippen LogP contribution in [0.25, 0.3) is 11.0 Å². The Bertz CT molecular complexity index is 987. The van der Waals surface area contributed by atoms with Crippen LogP contribution in [0.2, 0.25) is 0 Å². The van der Waals surface area contributed by atoms with Crippen molar-refractivity contribution in [3.05, 3.63) is 64.9 Å². The molecule has 0 bridgehead atoms. The van der Waals surface area contributed by atoms with Gasteiger partial charge < -0.3 is 19.4 Å². The molecule has 0 aliphatic carbocycles. The number of fused-ring (bicyclic) bond motifs is 1. The molecule has 146 valence electrons. The average molecular weight is 379 g/mol. The fourth-order valence-electron chi connectivity index (χ4n) is 4.02. The Morgan fingerprint density at radius 3 is 2.64 bits per heavy atom. The summed E-state index contributed by atoms with van der Waals surface area (Å²) in [4.78, 5) is 14.4. The number of benzene rings is 2. The van der Waals surface area contributed by atoms with E-state index in [2.05, 4.69) is 23.5 Å². The normalized spacial score (nSPS) is 14.5. The van der Waals surface area contributed by atoms with E-state index in [1.807, 2.05) is 31.2 Å². The number of carbonyl (C=O) groups is 1. The Kier molecular flexibility index (Phi) is 5.35. The van der Waals surface area contributed by atoms with E-state index in [-0.39, 0.29) is 5.91 Å². The van der Waals surface area contributed by atoms with Crippen LogP contribution in [0.5, 0.6) is 5.75 Å². The summed E-state index contributed by atoms with van der Waals surface area (Å²) in [6.45, 7) is 5.91. The van der Waals surface area contributed by atoms with Crippen LogP contribution in [-0.4, -0.2) is 26.1 Å². The minimum Gasteiger partial charge on any atom is -0.497 e. The molecule has 0 radical (unpaired) electrons. The molecule has 3 aromatic rings. The summed E-state index contributed by atoms with van der Waals surface area (Å²) in [5.41, 5.74) is 4.01. The molecule has 1 saturated heterocycles. The maximum atomic E-state index is 12.8. The lowest BCUT2D eigenvalue weighted by Crippen LogP contribution is -3.08. The van der Waals surface area contributed by atoms with E-state index in [1.54, 1.807) is 12.0 Å². The van der Waals surface area contributed by atoms with Crippen LogP contribution < -0.4 is 15.0 Å². The van der Waals surface area contributed by atoms with E-state index >= 15 is 0 Å². The van der Waals surface area contributed by atoms with Gasteiger partial charge in [-0.15, -0.1) is 0 Å². The second-order valence-electron chi connectivity index (χ2n) is 7.50. The molecule has 1 aliphatic rings. The third-order valence-corrected chi connectivity index (χ3v) is 5.66. The number of quaternary nitrogens is 1. The highest BCUT2D eigenvalue weighted by molar-refractivity contribution is 5.99. The summed E-state index contributed by atoms with van der Waals surface area (Å²) in [7, 11) is 1.63. The fraction of sp³-hybridized carbons (Fsp3) is 0.348. The summed E-state index contributed by atoms with van der Waals surface area (Å²) in [6.07, 6.45) is 2.62. The molecule has 0 saturated carbocycles. The van der Waals surface area contributed by atoms with Crippen molar-refractivity contribution < 1.29 is 18.8 Å². The number of ether oxygens (including phenoxy) is 1. The number of nitrogens with one attached hydrogen (secondary N) is 2. The van der Waals surface area contributed by atoms with Gasteiger partial charge in [-0.1, -0.05) is 24.3 Å². The molecule has 2 heterocycles. The van der Waals surface area contributed by atoms with Gasteiger partial charge in [-0.05, 0) is 30.7 Å². The molecular weight excluding hydrogens is 352 g/mol. The number of furan rings is 1. The largest absolute Gasteiger partial charge is 0.497 e. The van der Waals surface area contributed by atoms with Crippen molar-refractivity contribution in [1.29, 1.82) is 0 Å². The van der Waals surface area contributed by atoms with Crippen molar-refractivity contribution in [3.8, 4) is 5.75 Å². The maximum Gasteiger partial charge on any atom is 0.287 e. The van der Waals surface area contributed by atoms with Gasteiger partial charge in [0.05, 0.1) is 20.2 Å². The van der Waals surface area contributed by atoms with Gasteiger partial charge in [0.15, 0.2) is 5.76 Å². The van der Waals surface area contributed by atoms with Crippen molar-refractivity contribution in [3.63, 3.8) is 0 Å². The van der Waals surface area contributed by atoms with Crippen LogP contribution in [0, 0.1) is 6.92 Å². The van der Waals surface area contributed by atoms with Crippen LogP contribution in [0.4, 0.5) is 0 Å². The second-order valence-corrected chi connectivity index (χ2v) is 7.50. The van der Waals surface area contributed by atoms with Gasteiger partial charge in [0.25, 0.3) is 5.91 Å². The topological polar surface area (TPSA) is 55.9 Å². The number of amides is 1. The molecule has 0 spiro atoms. The van der Waals surface area contributed by atoms with E-state index in [1.165, 1.54) is 37.1 Å². The zero-order valence-electron chi connectivity index (χ0n) is 16.5. The predicted octanol–water partition coefficient (Wildman–Crippen LogP) is 2.86. The highest BCUT2D eigenvalue weighted by Gasteiger charge is 2.20. The Hall–Kier alpha value is -2.79. The number of likely N-dealkylation sites (tertiary alicyclic amines) is 1. The first-order valence-corrected chi connectivity index (χ1v) is 9.91. The summed E-state index contributed by atoms with van der Waals surface area (Å²) in [5.74, 6) is 0.934. The summed E-state index contributed by atoms with van der Waals surface area (Å²) in [6, 6.07) is 14.0. The number of hydrogen-bond acceptors (Lipinski definition) is 3. The first-order chi connectivity index (χ1) is 13.7. The summed E-state index contributed by atoms with van der Waals surface area (Å²) < 4.78 is 11.1. The van der Waals surface area contributed by atoms with Crippen molar-refractivity contribution >= 4 is 16.9 Å². The quantitative estimate of drug-likeness (QED) is 0.692. The zero-order valence-corrected chi connectivity index (χ0v) is 16.5. The standard InChI is InChI=1S/C23H26N2O3/c1-16-20-13-19(27-2)9-10-21(20)28-22(16)23(26)24-14-17-7-3-4-8-18(17)15-25-11-5-6-12-25/h3-4,7-10,13H,5-6,11-12,14-15H2,1-2H3,(H,24,26)/p+1. The van der Waals surface area contributed by atoms with Gasteiger partial charge in [-0.2, -0.15) is 0 Å². The molecule has 28 heavy (non-hydrogen) atoms. The Balaban J connectivity index is 1.49. The molecule has 1 fully saturated rings. The Morgan fingerprint density at radius 2 is 1.89 bits per heavy atom. The second kappa shape index (κ2) is 8.07. The lowest BCUT2D eigenvalue weighted by atomic mass is 10.1. The van der Waals surface area contributed by atoms with Crippen LogP contribution in [0.1, 0.15) is 40.1 Å². The molecule has 1 amide bonds. The van der Waals surface area contributed by atoms with E-state index in [4.69, 9.17) is 9.15 Å². The summed E-state index contributed by atoms with van der Waals surface area (Å²) in [5, 5.41) is 3.94. The van der Waals surface area contributed by atoms with Crippen molar-refractivity contribution in [2.75, 3.05) is 20.2 Å². The molecule has 5 nitrogen and oxygen atoms in total. The highest BCUT2D eigenvalue weighted by atomic mass is 16.5. The number of hydrogen-bond donors (Lipinski definition) is 2. The lowest BCUT2D eigenvalue weighted by Gasteiger charge is -2.15. The lowest BCUT2D eigenvalue weighted by molar-refractivity contribution is -0.901. The Morgan fingerprint density at radius 1 is 1.14 bits per heavy atom. The minimum atomic E-state index is -0.184. The van der Waals surface area contributed by atoms with Gasteiger partial charge >= 0.3 is 0 Å². The van der Waals surface area contributed by atoms with Crippen LogP contribution in [-0.2, 0) is 13.1 Å². The molecule has 1 aromatic heterocycles. The monoisotopic (exact) mass is 379 g/mol. The number of carbonyl (C=O) groups excluding carboxylic acids is 1. The van der Waals surface area contributed by atoms with Crippen LogP contribution in [0.3, 0.4) is 0 Å². The average Bonchev–Trinajstić information content (AvgIpc) is 3.35. The molecule has 0 atom stereocenters. The molecule has 4 rings (SSSR count). The fourth-order valence-corrected chi connectivity index (χ4v) is 4.02. The first kappa shape index (κ1) is 18.6. The molecule has 0 unspecified atom stereocenters. The van der Waals surface area contributed by atoms with Crippen molar-refractivity contribution in [2.24, 2.45) is 0 Å². The molecule has 1 aliphatic heterocycles. The van der Waals surface area contributed by atoms with E-state index in [0.29, 0.717) is 17.9 Å². The molecule has 2 aromatic carbocycles. The van der Waals surface area contributed by atoms with Crippen molar-refractivity contribution in [2.45, 2.75) is 32.9 Å². The third-order valence-electron chi connectivity index (χ3n) is 5.66. The zero-order chi connectivity index (χ0) is 19.5.